The molecule has 0 saturated carbocycles. The fraction of sp³-hybridized carbons (Fsp3) is 0.115. The standard InChI is InChI=1S/C26H17Cl2F3N6O2S2/c27-15-8-9-18(28)17(11-15)23(39)32-12-21-35-36-25(37(21)16-5-3-4-14(10-16)26(29,30)31)40-13-22(38)34-24-33-19-6-1-2-7-20(19)41-24/h1-11H,12-13H2,(H,32,39)(H,33,34,38). The number of carbonyl (C=O) groups is 2. The molecule has 0 unspecified atom stereocenters. The molecule has 8 nitrogen and oxygen atoms in total. The number of hydrogen-bond acceptors (Lipinski definition) is 7. The van der Waals surface area contributed by atoms with E-state index in [9.17, 15) is 22.8 Å². The Hall–Kier alpha value is -3.65. The van der Waals surface area contributed by atoms with Crippen molar-refractivity contribution in [2.75, 3.05) is 11.1 Å². The molecule has 5 rings (SSSR count). The molecule has 5 aromatic rings. The van der Waals surface area contributed by atoms with Crippen LogP contribution in [0.15, 0.2) is 71.9 Å². The van der Waals surface area contributed by atoms with Gasteiger partial charge < -0.3 is 10.6 Å². The maximum atomic E-state index is 13.5. The fourth-order valence-electron chi connectivity index (χ4n) is 3.73. The Balaban J connectivity index is 1.38. The molecule has 0 spiro atoms. The summed E-state index contributed by atoms with van der Waals surface area (Å²) < 4.78 is 42.7. The summed E-state index contributed by atoms with van der Waals surface area (Å²) in [6.07, 6.45) is -4.59. The van der Waals surface area contributed by atoms with Crippen molar-refractivity contribution in [3.8, 4) is 5.69 Å². The number of para-hydroxylation sites is 1. The Morgan fingerprint density at radius 3 is 2.59 bits per heavy atom. The highest BCUT2D eigenvalue weighted by molar-refractivity contribution is 7.99. The largest absolute Gasteiger partial charge is 0.416 e. The van der Waals surface area contributed by atoms with Crippen LogP contribution in [0.1, 0.15) is 21.7 Å². The van der Waals surface area contributed by atoms with E-state index in [1.807, 2.05) is 24.3 Å². The first kappa shape index (κ1) is 28.9. The summed E-state index contributed by atoms with van der Waals surface area (Å²) in [7, 11) is 0. The molecule has 0 aliphatic heterocycles. The van der Waals surface area contributed by atoms with Crippen LogP contribution in [-0.2, 0) is 17.5 Å². The van der Waals surface area contributed by atoms with E-state index in [0.29, 0.717) is 10.2 Å². The molecular formula is C26H17Cl2F3N6O2S2. The first-order valence-corrected chi connectivity index (χ1v) is 14.3. The van der Waals surface area contributed by atoms with Crippen molar-refractivity contribution in [2.24, 2.45) is 0 Å². The Morgan fingerprint density at radius 2 is 1.80 bits per heavy atom. The van der Waals surface area contributed by atoms with Gasteiger partial charge in [-0.3, -0.25) is 14.2 Å². The van der Waals surface area contributed by atoms with Crippen LogP contribution >= 0.6 is 46.3 Å². The lowest BCUT2D eigenvalue weighted by Gasteiger charge is -2.13. The summed E-state index contributed by atoms with van der Waals surface area (Å²) in [6, 6.07) is 16.4. The number of alkyl halides is 3. The van der Waals surface area contributed by atoms with Crippen LogP contribution in [0.25, 0.3) is 15.9 Å². The van der Waals surface area contributed by atoms with Crippen LogP contribution in [0.4, 0.5) is 18.3 Å². The number of aromatic nitrogens is 4. The first-order valence-electron chi connectivity index (χ1n) is 11.7. The zero-order valence-corrected chi connectivity index (χ0v) is 23.7. The van der Waals surface area contributed by atoms with Gasteiger partial charge >= 0.3 is 6.18 Å². The lowest BCUT2D eigenvalue weighted by Crippen LogP contribution is -2.25. The van der Waals surface area contributed by atoms with Gasteiger partial charge in [0.25, 0.3) is 5.91 Å². The smallest absolute Gasteiger partial charge is 0.345 e. The minimum Gasteiger partial charge on any atom is -0.345 e. The molecule has 0 radical (unpaired) electrons. The Kier molecular flexibility index (Phi) is 8.50. The molecule has 0 fully saturated rings. The van der Waals surface area contributed by atoms with Gasteiger partial charge in [-0.25, -0.2) is 4.98 Å². The number of nitrogens with zero attached hydrogens (tertiary/aromatic N) is 4. The van der Waals surface area contributed by atoms with Crippen molar-refractivity contribution >= 4 is 73.5 Å². The molecule has 0 aliphatic carbocycles. The van der Waals surface area contributed by atoms with Gasteiger partial charge in [-0.15, -0.1) is 10.2 Å². The number of hydrogen-bond donors (Lipinski definition) is 2. The lowest BCUT2D eigenvalue weighted by molar-refractivity contribution is -0.137. The quantitative estimate of drug-likeness (QED) is 0.180. The number of rotatable bonds is 8. The van der Waals surface area contributed by atoms with E-state index >= 15 is 0 Å². The molecule has 2 N–H and O–H groups in total. The van der Waals surface area contributed by atoms with E-state index in [1.54, 1.807) is 0 Å². The average Bonchev–Trinajstić information content (AvgIpc) is 3.54. The SMILES string of the molecule is O=C(CSc1nnc(CNC(=O)c2cc(Cl)ccc2Cl)n1-c1cccc(C(F)(F)F)c1)Nc1nc2ccccc2s1. The molecule has 3 aromatic carbocycles. The predicted octanol–water partition coefficient (Wildman–Crippen LogP) is 6.86. The number of fused-ring (bicyclic) bond motifs is 1. The molecule has 0 atom stereocenters. The van der Waals surface area contributed by atoms with Crippen LogP contribution < -0.4 is 10.6 Å². The van der Waals surface area contributed by atoms with Crippen molar-refractivity contribution in [1.82, 2.24) is 25.1 Å². The Morgan fingerprint density at radius 1 is 1.00 bits per heavy atom. The van der Waals surface area contributed by atoms with E-state index in [-0.39, 0.29) is 39.6 Å². The molecule has 0 saturated heterocycles. The summed E-state index contributed by atoms with van der Waals surface area (Å²) in [4.78, 5) is 29.8. The number of amides is 2. The van der Waals surface area contributed by atoms with Crippen LogP contribution in [0.5, 0.6) is 0 Å². The minimum atomic E-state index is -4.59. The highest BCUT2D eigenvalue weighted by Gasteiger charge is 2.31. The second kappa shape index (κ2) is 12.1. The monoisotopic (exact) mass is 636 g/mol. The van der Waals surface area contributed by atoms with Crippen molar-refractivity contribution in [3.05, 3.63) is 93.7 Å². The summed E-state index contributed by atoms with van der Waals surface area (Å²) in [6.45, 7) is -0.205. The number of nitrogens with one attached hydrogen (secondary N) is 2. The number of anilines is 1. The molecule has 0 aliphatic rings. The normalized spacial score (nSPS) is 11.5. The van der Waals surface area contributed by atoms with Crippen molar-refractivity contribution < 1.29 is 22.8 Å². The van der Waals surface area contributed by atoms with Crippen LogP contribution in [0.3, 0.4) is 0 Å². The summed E-state index contributed by atoms with van der Waals surface area (Å²) in [5.74, 6) is -0.958. The highest BCUT2D eigenvalue weighted by Crippen LogP contribution is 2.32. The molecule has 0 bridgehead atoms. The fourth-order valence-corrected chi connectivity index (χ4v) is 5.75. The summed E-state index contributed by atoms with van der Waals surface area (Å²) in [5.41, 5.74) is 0.0822. The van der Waals surface area contributed by atoms with E-state index in [2.05, 4.69) is 25.8 Å². The third-order valence-electron chi connectivity index (χ3n) is 5.58. The van der Waals surface area contributed by atoms with Crippen molar-refractivity contribution in [3.63, 3.8) is 0 Å². The zero-order valence-electron chi connectivity index (χ0n) is 20.6. The van der Waals surface area contributed by atoms with Crippen LogP contribution in [0.2, 0.25) is 10.0 Å². The third-order valence-corrected chi connectivity index (χ3v) is 8.03. The van der Waals surface area contributed by atoms with E-state index in [4.69, 9.17) is 23.2 Å². The highest BCUT2D eigenvalue weighted by atomic mass is 35.5. The second-order valence-corrected chi connectivity index (χ2v) is 11.2. The number of thioether (sulfide) groups is 1. The lowest BCUT2D eigenvalue weighted by atomic mass is 10.2. The Labute approximate surface area is 248 Å². The topological polar surface area (TPSA) is 102 Å². The maximum Gasteiger partial charge on any atom is 0.416 e. The number of benzene rings is 3. The van der Waals surface area contributed by atoms with E-state index in [1.165, 1.54) is 46.2 Å². The van der Waals surface area contributed by atoms with Gasteiger partial charge in [-0.05, 0) is 48.5 Å². The Bertz CT molecular complexity index is 1730. The summed E-state index contributed by atoms with van der Waals surface area (Å²) >= 11 is 14.4. The molecule has 41 heavy (non-hydrogen) atoms. The predicted molar refractivity (Wildman–Crippen MR) is 153 cm³/mol. The third kappa shape index (κ3) is 6.81. The molecular weight excluding hydrogens is 620 g/mol. The van der Waals surface area contributed by atoms with Gasteiger partial charge in [0.1, 0.15) is 0 Å². The van der Waals surface area contributed by atoms with Gasteiger partial charge in [0, 0.05) is 5.02 Å². The zero-order chi connectivity index (χ0) is 29.1. The van der Waals surface area contributed by atoms with Gasteiger partial charge in [0.2, 0.25) is 5.91 Å². The number of carbonyl (C=O) groups excluding carboxylic acids is 2. The number of thiazole rings is 1. The molecule has 210 valence electrons. The van der Waals surface area contributed by atoms with Crippen molar-refractivity contribution in [1.29, 1.82) is 0 Å². The maximum absolute atomic E-state index is 13.5. The van der Waals surface area contributed by atoms with Crippen LogP contribution in [0, 0.1) is 0 Å². The summed E-state index contributed by atoms with van der Waals surface area (Å²) in [5, 5.41) is 14.6. The molecule has 2 amide bonds. The first-order chi connectivity index (χ1) is 19.6. The molecule has 2 heterocycles. The van der Waals surface area contributed by atoms with Gasteiger partial charge in [0.15, 0.2) is 16.1 Å². The molecule has 2 aromatic heterocycles. The van der Waals surface area contributed by atoms with Gasteiger partial charge in [-0.1, -0.05) is 64.5 Å². The van der Waals surface area contributed by atoms with Gasteiger partial charge in [-0.2, -0.15) is 13.2 Å². The van der Waals surface area contributed by atoms with E-state index in [0.717, 1.165) is 34.1 Å². The number of halogens is 5. The minimum absolute atomic E-state index is 0.101. The molecule has 15 heteroatoms. The van der Waals surface area contributed by atoms with Gasteiger partial charge in [0.05, 0.1) is 44.4 Å². The van der Waals surface area contributed by atoms with Crippen LogP contribution in [-0.4, -0.2) is 37.3 Å². The van der Waals surface area contributed by atoms with Crippen molar-refractivity contribution in [2.45, 2.75) is 17.9 Å². The second-order valence-electron chi connectivity index (χ2n) is 8.41. The average molecular weight is 637 g/mol. The van der Waals surface area contributed by atoms with E-state index < -0.39 is 23.6 Å².